The monoisotopic (exact) mass is 114 g/mol. The van der Waals surface area contributed by atoms with Crippen LogP contribution in [0.25, 0.3) is 0 Å². The molecule has 0 nitrogen and oxygen atoms in total. The first-order chi connectivity index (χ1) is 3.38. The summed E-state index contributed by atoms with van der Waals surface area (Å²) in [5.41, 5.74) is 0.977. The first kappa shape index (κ1) is 5.31. The molecule has 0 aromatic rings. The molecule has 1 saturated carbocycles. The molecule has 0 aromatic heterocycles. The Morgan fingerprint density at radius 1 is 1.86 bits per heavy atom. The lowest BCUT2D eigenvalue weighted by atomic mass is 10.3. The van der Waals surface area contributed by atoms with Gasteiger partial charge in [-0.1, -0.05) is 19.6 Å². The molecule has 0 saturated heterocycles. The Morgan fingerprint density at radius 3 is 2.71 bits per heavy atom. The minimum atomic E-state index is 0.977. The third-order valence-electron chi connectivity index (χ3n) is 1.64. The van der Waals surface area contributed by atoms with Crippen molar-refractivity contribution in [1.82, 2.24) is 0 Å². The molecule has 7 heavy (non-hydrogen) atoms. The predicted molar refractivity (Wildman–Crippen MR) is 36.2 cm³/mol. The van der Waals surface area contributed by atoms with E-state index in [4.69, 9.17) is 0 Å². The maximum atomic E-state index is 3.82. The Bertz CT molecular complexity index is 78.2. The molecule has 0 bridgehead atoms. The van der Waals surface area contributed by atoms with Gasteiger partial charge in [0.15, 0.2) is 0 Å². The summed E-state index contributed by atoms with van der Waals surface area (Å²) in [6, 6.07) is 0. The number of hydrogen-bond donors (Lipinski definition) is 0. The number of hydrogen-bond acceptors (Lipinski definition) is 0. The lowest BCUT2D eigenvalue weighted by molar-refractivity contribution is 0.803. The van der Waals surface area contributed by atoms with Gasteiger partial charge in [0, 0.05) is 5.66 Å². The topological polar surface area (TPSA) is 0 Å². The van der Waals surface area contributed by atoms with Gasteiger partial charge in [0.1, 0.15) is 0 Å². The lowest BCUT2D eigenvalue weighted by Gasteiger charge is -1.80. The van der Waals surface area contributed by atoms with Gasteiger partial charge in [0.25, 0.3) is 0 Å². The fraction of sp³-hybridized carbons (Fsp3) is 0.833. The molecule has 0 radical (unpaired) electrons. The summed E-state index contributed by atoms with van der Waals surface area (Å²) in [6.07, 6.45) is 6.63. The van der Waals surface area contributed by atoms with E-state index in [1.165, 1.54) is 21.0 Å². The Labute approximate surface area is 46.7 Å². The first-order valence-electron chi connectivity index (χ1n) is 2.84. The van der Waals surface area contributed by atoms with Crippen LogP contribution in [0, 0.1) is 5.92 Å². The van der Waals surface area contributed by atoms with Crippen LogP contribution in [0.15, 0.2) is 0 Å². The minimum Gasteiger partial charge on any atom is -0.109 e. The highest BCUT2D eigenvalue weighted by molar-refractivity contribution is 7.37. The van der Waals surface area contributed by atoms with E-state index in [-0.39, 0.29) is 0 Å². The Balaban J connectivity index is 2.17. The third kappa shape index (κ3) is 1.04. The second kappa shape index (κ2) is 1.96. The summed E-state index contributed by atoms with van der Waals surface area (Å²) in [5.74, 6) is 1.04. The first-order valence-corrected chi connectivity index (χ1v) is 3.99. The molecule has 0 aliphatic heterocycles. The van der Waals surface area contributed by atoms with Crippen LogP contribution in [0.2, 0.25) is 0 Å². The molecule has 1 aliphatic rings. The quantitative estimate of drug-likeness (QED) is 0.482. The van der Waals surface area contributed by atoms with Gasteiger partial charge in [-0.15, -0.1) is 8.20 Å². The molecular formula is C6H11P. The van der Waals surface area contributed by atoms with E-state index in [0.717, 1.165) is 11.6 Å². The van der Waals surface area contributed by atoms with E-state index in [2.05, 4.69) is 13.2 Å². The van der Waals surface area contributed by atoms with Crippen molar-refractivity contribution in [2.24, 2.45) is 5.92 Å². The van der Waals surface area contributed by atoms with Gasteiger partial charge in [-0.2, -0.15) is 0 Å². The maximum Gasteiger partial charge on any atom is 0.00346 e. The highest BCUT2D eigenvalue weighted by atomic mass is 31.1. The Kier molecular flexibility index (Phi) is 1.49. The zero-order valence-corrected chi connectivity index (χ0v) is 5.62. The highest BCUT2D eigenvalue weighted by Crippen LogP contribution is 2.42. The van der Waals surface area contributed by atoms with Crippen LogP contribution < -0.4 is 0 Å². The van der Waals surface area contributed by atoms with Gasteiger partial charge in [0.2, 0.25) is 0 Å². The summed E-state index contributed by atoms with van der Waals surface area (Å²) < 4.78 is 0. The Hall–Kier alpha value is 0.170. The van der Waals surface area contributed by atoms with Crippen molar-refractivity contribution >= 4 is 14.5 Å². The van der Waals surface area contributed by atoms with Crippen LogP contribution in [0.4, 0.5) is 0 Å². The molecule has 1 fully saturated rings. The standard InChI is InChI=1S/C6H11P/c1-3-5-4-6(5)7-2/h5-6H,2-4H2,1H3. The minimum absolute atomic E-state index is 0.977. The van der Waals surface area contributed by atoms with Crippen LogP contribution >= 0.6 is 8.20 Å². The van der Waals surface area contributed by atoms with E-state index in [1.54, 1.807) is 0 Å². The average Bonchev–Trinajstić information content (AvgIpc) is 2.43. The summed E-state index contributed by atoms with van der Waals surface area (Å²) in [4.78, 5) is 0. The third-order valence-corrected chi connectivity index (χ3v) is 2.75. The maximum absolute atomic E-state index is 3.82. The van der Waals surface area contributed by atoms with Crippen molar-refractivity contribution in [3.05, 3.63) is 0 Å². The van der Waals surface area contributed by atoms with E-state index in [1.807, 2.05) is 0 Å². The predicted octanol–water partition coefficient (Wildman–Crippen LogP) is 2.16. The zero-order valence-electron chi connectivity index (χ0n) is 4.72. The van der Waals surface area contributed by atoms with Crippen LogP contribution in [-0.4, -0.2) is 12.0 Å². The molecule has 0 heterocycles. The molecule has 40 valence electrons. The van der Waals surface area contributed by atoms with Crippen molar-refractivity contribution in [3.63, 3.8) is 0 Å². The van der Waals surface area contributed by atoms with Crippen molar-refractivity contribution in [2.45, 2.75) is 25.4 Å². The molecule has 0 aromatic carbocycles. The molecular weight excluding hydrogens is 103 g/mol. The van der Waals surface area contributed by atoms with E-state index >= 15 is 0 Å². The van der Waals surface area contributed by atoms with Gasteiger partial charge in [-0.05, 0) is 12.3 Å². The van der Waals surface area contributed by atoms with Gasteiger partial charge in [0.05, 0.1) is 0 Å². The van der Waals surface area contributed by atoms with Crippen molar-refractivity contribution in [3.8, 4) is 0 Å². The lowest BCUT2D eigenvalue weighted by Crippen LogP contribution is -1.71. The largest absolute Gasteiger partial charge is 0.109 e. The summed E-state index contributed by atoms with van der Waals surface area (Å²) in [7, 11) is 1.37. The van der Waals surface area contributed by atoms with Crippen LogP contribution in [0.1, 0.15) is 19.8 Å². The SMILES string of the molecule is C=PC1CC1CC. The smallest absolute Gasteiger partial charge is 0.00346 e. The van der Waals surface area contributed by atoms with E-state index in [0.29, 0.717) is 0 Å². The van der Waals surface area contributed by atoms with E-state index in [9.17, 15) is 0 Å². The van der Waals surface area contributed by atoms with E-state index < -0.39 is 0 Å². The number of rotatable bonds is 2. The van der Waals surface area contributed by atoms with Crippen molar-refractivity contribution in [1.29, 1.82) is 0 Å². The second-order valence-electron chi connectivity index (χ2n) is 2.15. The van der Waals surface area contributed by atoms with Gasteiger partial charge < -0.3 is 0 Å². The molecule has 0 spiro atoms. The van der Waals surface area contributed by atoms with Crippen LogP contribution in [0.3, 0.4) is 0 Å². The van der Waals surface area contributed by atoms with Crippen LogP contribution in [0.5, 0.6) is 0 Å². The second-order valence-corrected chi connectivity index (χ2v) is 3.18. The molecule has 1 rings (SSSR count). The molecule has 2 atom stereocenters. The normalized spacial score (nSPS) is 39.0. The molecule has 1 aliphatic carbocycles. The van der Waals surface area contributed by atoms with Crippen molar-refractivity contribution in [2.75, 3.05) is 0 Å². The van der Waals surface area contributed by atoms with Gasteiger partial charge in [-0.25, -0.2) is 0 Å². The van der Waals surface area contributed by atoms with Gasteiger partial charge in [-0.3, -0.25) is 0 Å². The molecule has 0 amide bonds. The molecule has 0 N–H and O–H groups in total. The fourth-order valence-electron chi connectivity index (χ4n) is 0.894. The summed E-state index contributed by atoms with van der Waals surface area (Å²) >= 11 is 0. The molecule has 1 heteroatoms. The summed E-state index contributed by atoms with van der Waals surface area (Å²) in [5, 5.41) is 0. The summed E-state index contributed by atoms with van der Waals surface area (Å²) in [6.45, 7) is 2.26. The van der Waals surface area contributed by atoms with Crippen LogP contribution in [-0.2, 0) is 0 Å². The fourth-order valence-corrected chi connectivity index (χ4v) is 1.82. The molecule has 2 unspecified atom stereocenters. The van der Waals surface area contributed by atoms with Gasteiger partial charge >= 0.3 is 0 Å². The average molecular weight is 114 g/mol. The Morgan fingerprint density at radius 2 is 2.57 bits per heavy atom. The highest BCUT2D eigenvalue weighted by Gasteiger charge is 2.32. The van der Waals surface area contributed by atoms with Crippen molar-refractivity contribution < 1.29 is 0 Å². The zero-order chi connectivity index (χ0) is 5.28.